The second-order valence-corrected chi connectivity index (χ2v) is 13.1. The molecule has 3 radical (unpaired) electrons. The Balaban J connectivity index is 0.000000968. The SMILES string of the molecule is O=C(S)c1cc(NS(=O)[O-])c(Oc2ccccc2)c(N2CCCC2)c1.[CH2-]C.[CH2-]C(=O)c1cc(NS(=O)[O-])c(Oc2ccccc2)c(N2CCCC2)c1.[CH3-].[Y].[Y].[Y]. The number of anilines is 4. The minimum Gasteiger partial charge on any atom is -0.755 e. The van der Waals surface area contributed by atoms with Gasteiger partial charge in [0, 0.05) is 158 Å². The first-order valence-electron chi connectivity index (χ1n) is 16.4. The Hall–Kier alpha value is -1.23. The van der Waals surface area contributed by atoms with E-state index < -0.39 is 27.6 Å². The van der Waals surface area contributed by atoms with Gasteiger partial charge in [0.1, 0.15) is 11.5 Å². The number of carbonyl (C=O) groups is 2. The van der Waals surface area contributed by atoms with Gasteiger partial charge in [0.15, 0.2) is 11.5 Å². The molecule has 2 saturated heterocycles. The van der Waals surface area contributed by atoms with Crippen molar-refractivity contribution in [1.82, 2.24) is 0 Å². The molecule has 2 aliphatic heterocycles. The summed E-state index contributed by atoms with van der Waals surface area (Å²) in [5, 5.41) is -0.438. The van der Waals surface area contributed by atoms with Crippen molar-refractivity contribution in [2.45, 2.75) is 32.6 Å². The third-order valence-electron chi connectivity index (χ3n) is 7.91. The fourth-order valence-corrected chi connectivity index (χ4v) is 6.45. The van der Waals surface area contributed by atoms with Gasteiger partial charge in [-0.15, -0.1) is 30.3 Å². The predicted molar refractivity (Wildman–Crippen MR) is 214 cm³/mol. The molecule has 6 rings (SSSR count). The van der Waals surface area contributed by atoms with E-state index in [9.17, 15) is 27.1 Å². The average molecular weight is 1050 g/mol. The zero-order valence-electron chi connectivity index (χ0n) is 31.3. The van der Waals surface area contributed by atoms with Gasteiger partial charge in [0.25, 0.3) is 0 Å². The molecule has 2 N–H and O–H groups in total. The molecule has 0 amide bonds. The van der Waals surface area contributed by atoms with Gasteiger partial charge in [-0.2, -0.15) is 13.8 Å². The second kappa shape index (κ2) is 28.3. The van der Waals surface area contributed by atoms with Crippen LogP contribution in [0.15, 0.2) is 84.9 Å². The molecule has 0 bridgehead atoms. The van der Waals surface area contributed by atoms with Crippen molar-refractivity contribution in [3.63, 3.8) is 0 Å². The van der Waals surface area contributed by atoms with Crippen molar-refractivity contribution in [2.24, 2.45) is 0 Å². The van der Waals surface area contributed by atoms with Gasteiger partial charge in [-0.25, -0.2) is 0 Å². The van der Waals surface area contributed by atoms with E-state index >= 15 is 0 Å². The van der Waals surface area contributed by atoms with Crippen LogP contribution in [0.4, 0.5) is 22.7 Å². The number of ketones is 1. The van der Waals surface area contributed by atoms with E-state index in [1.807, 2.05) is 36.4 Å². The number of thiol groups is 1. The van der Waals surface area contributed by atoms with Crippen LogP contribution in [0.5, 0.6) is 23.0 Å². The van der Waals surface area contributed by atoms with Crippen LogP contribution in [-0.2, 0) is 121 Å². The third kappa shape index (κ3) is 16.4. The molecule has 4 aromatic rings. The van der Waals surface area contributed by atoms with Crippen molar-refractivity contribution >= 4 is 68.8 Å². The number of Topliss-reactive ketones (excluding diaryl/α,β-unsaturated/α-hetero) is 1. The van der Waals surface area contributed by atoms with Crippen LogP contribution in [0.1, 0.15) is 53.3 Å². The summed E-state index contributed by atoms with van der Waals surface area (Å²) in [4.78, 5) is 27.7. The standard InChI is InChI=1S/C18H19N2O4S.C17H18N2O4S2.C2H5.CH3.3Y/c1-13(21)14-11-16(19-25(22)23)18(24-15-7-3-2-4-8-15)17(12-14)20-9-5-6-10-20;20-17(24)12-10-14(18-25(21)22)16(23-13-6-2-1-3-7-13)15(11-12)19-8-4-5-9-19;1-2;;;;/h2-4,7-8,11-12,19H,1,5-6,9-10H2,(H,22,23);1-3,6-7,10-11,18H,4-5,8-9H2,(H,20,24)(H,21,22);1H2,2H3;1H3;;;/q-1;;2*-1;;;/p-2. The van der Waals surface area contributed by atoms with E-state index in [0.29, 0.717) is 45.5 Å². The largest absolute Gasteiger partial charge is 0.755 e. The minimum atomic E-state index is -2.55. The van der Waals surface area contributed by atoms with E-state index in [0.717, 1.165) is 51.9 Å². The van der Waals surface area contributed by atoms with Crippen LogP contribution in [-0.4, -0.2) is 54.6 Å². The smallest absolute Gasteiger partial charge is 0.216 e. The van der Waals surface area contributed by atoms with Gasteiger partial charge < -0.3 is 57.0 Å². The molecule has 4 aromatic carbocycles. The maximum absolute atomic E-state index is 11.8. The number of hydrogen-bond donors (Lipinski definition) is 3. The van der Waals surface area contributed by atoms with Crippen LogP contribution in [0.25, 0.3) is 0 Å². The van der Waals surface area contributed by atoms with E-state index in [1.54, 1.807) is 43.3 Å². The molecule has 2 fully saturated rings. The Kier molecular flexibility index (Phi) is 27.7. The van der Waals surface area contributed by atoms with Crippen LogP contribution in [0, 0.1) is 21.3 Å². The molecule has 0 aromatic heterocycles. The number of para-hydroxylation sites is 2. The van der Waals surface area contributed by atoms with Gasteiger partial charge in [0.2, 0.25) is 5.12 Å². The number of nitrogens with zero attached hydrogens (tertiary/aromatic N) is 2. The third-order valence-corrected chi connectivity index (χ3v) is 8.95. The van der Waals surface area contributed by atoms with E-state index in [4.69, 9.17) is 9.47 Å². The maximum Gasteiger partial charge on any atom is 0.216 e. The fraction of sp³-hybridized carbons (Fsp3) is 0.237. The van der Waals surface area contributed by atoms with Crippen molar-refractivity contribution in [1.29, 1.82) is 0 Å². The zero-order chi connectivity index (χ0) is 37.6. The molecular formula is C38H43N4O8S3Y3-5. The van der Waals surface area contributed by atoms with Gasteiger partial charge in [-0.1, -0.05) is 36.4 Å². The molecule has 18 heteroatoms. The van der Waals surface area contributed by atoms with Gasteiger partial charge in [0.05, 0.1) is 22.7 Å². The number of nitrogens with one attached hydrogen (secondary N) is 2. The summed E-state index contributed by atoms with van der Waals surface area (Å²) >= 11 is -1.23. The van der Waals surface area contributed by atoms with Gasteiger partial charge >= 0.3 is 0 Å². The maximum atomic E-state index is 11.8. The van der Waals surface area contributed by atoms with E-state index in [1.165, 1.54) is 12.1 Å². The summed E-state index contributed by atoms with van der Waals surface area (Å²) < 4.78 is 61.4. The van der Waals surface area contributed by atoms with E-state index in [-0.39, 0.29) is 123 Å². The number of carbonyl (C=O) groups excluding carboxylic acids is 2. The summed E-state index contributed by atoms with van der Waals surface area (Å²) in [5.41, 5.74) is 2.42. The quantitative estimate of drug-likeness (QED) is 0.0550. The second-order valence-electron chi connectivity index (χ2n) is 11.4. The molecule has 12 nitrogen and oxygen atoms in total. The first-order chi connectivity index (χ1) is 25.1. The Labute approximate surface area is 416 Å². The summed E-state index contributed by atoms with van der Waals surface area (Å²) in [6, 6.07) is 24.5. The average Bonchev–Trinajstić information content (AvgIpc) is 3.87. The van der Waals surface area contributed by atoms with Crippen molar-refractivity contribution in [3.8, 4) is 23.0 Å². The fourth-order valence-electron chi connectivity index (χ4n) is 5.66. The van der Waals surface area contributed by atoms with Crippen LogP contribution in [0.2, 0.25) is 0 Å². The monoisotopic (exact) mass is 1050 g/mol. The number of rotatable bonds is 12. The summed E-state index contributed by atoms with van der Waals surface area (Å²) in [6.07, 6.45) is 4.12. The number of hydrogen-bond acceptors (Lipinski definition) is 10. The van der Waals surface area contributed by atoms with Crippen molar-refractivity contribution in [2.75, 3.05) is 45.4 Å². The van der Waals surface area contributed by atoms with Crippen molar-refractivity contribution in [3.05, 3.63) is 117 Å². The zero-order valence-corrected chi connectivity index (χ0v) is 42.4. The summed E-state index contributed by atoms with van der Waals surface area (Å²) in [5.74, 6) is 1.52. The molecule has 295 valence electrons. The minimum absolute atomic E-state index is 0. The topological polar surface area (TPSA) is 163 Å². The molecular weight excluding hydrogens is 1000 g/mol. The van der Waals surface area contributed by atoms with Crippen molar-refractivity contribution < 1.29 is 135 Å². The van der Waals surface area contributed by atoms with Crippen LogP contribution < -0.4 is 28.7 Å². The summed E-state index contributed by atoms with van der Waals surface area (Å²) in [6.45, 7) is 11.7. The molecule has 0 aliphatic carbocycles. The molecule has 56 heavy (non-hydrogen) atoms. The normalized spacial score (nSPS) is 13.5. The number of ether oxygens (including phenoxy) is 2. The van der Waals surface area contributed by atoms with Crippen LogP contribution >= 0.6 is 12.6 Å². The molecule has 2 aliphatic rings. The molecule has 2 unspecified atom stereocenters. The molecule has 2 heterocycles. The molecule has 0 saturated carbocycles. The Morgan fingerprint density at radius 3 is 1.32 bits per heavy atom. The first kappa shape index (κ1) is 54.8. The Morgan fingerprint density at radius 1 is 0.661 bits per heavy atom. The first-order valence-corrected chi connectivity index (χ1v) is 19.0. The van der Waals surface area contributed by atoms with Crippen LogP contribution in [0.3, 0.4) is 0 Å². The summed E-state index contributed by atoms with van der Waals surface area (Å²) in [7, 11) is 0. The van der Waals surface area contributed by atoms with Gasteiger partial charge in [-0.05, 0) is 62.1 Å². The molecule has 0 spiro atoms. The van der Waals surface area contributed by atoms with E-state index in [2.05, 4.69) is 45.7 Å². The Morgan fingerprint density at radius 2 is 1.00 bits per heavy atom. The van der Waals surface area contributed by atoms with Gasteiger partial charge in [-0.3, -0.25) is 13.2 Å². The predicted octanol–water partition coefficient (Wildman–Crippen LogP) is 7.94. The number of benzene rings is 4. The Bertz CT molecular complexity index is 1740. The molecule has 2 atom stereocenters.